The number of hydrogen-bond donors (Lipinski definition) is 2. The van der Waals surface area contributed by atoms with Gasteiger partial charge in [0.05, 0.1) is 12.3 Å². The molecule has 2 N–H and O–H groups in total. The minimum absolute atomic E-state index is 0. The summed E-state index contributed by atoms with van der Waals surface area (Å²) in [6.45, 7) is 2.68. The fraction of sp³-hybridized carbons (Fsp3) is 0.152. The van der Waals surface area contributed by atoms with Crippen LogP contribution in [0.2, 0.25) is 5.02 Å². The van der Waals surface area contributed by atoms with Crippen molar-refractivity contribution in [2.45, 2.75) is 6.92 Å². The first-order chi connectivity index (χ1) is 21.4. The minimum atomic E-state index is -2.07. The predicted molar refractivity (Wildman–Crippen MR) is 194 cm³/mol. The third kappa shape index (κ3) is 10.9. The summed E-state index contributed by atoms with van der Waals surface area (Å²) in [6, 6.07) is 39.1. The average Bonchev–Trinajstić information content (AvgIpc) is 3.07. The van der Waals surface area contributed by atoms with Crippen LogP contribution < -0.4 is 43.5 Å². The molecule has 0 aliphatic heterocycles. The van der Waals surface area contributed by atoms with Crippen molar-refractivity contribution in [3.05, 3.63) is 126 Å². The standard InChI is InChI=1S/C33H34ClN6OPS2.BrH.Cu/c1-25(31(38-39-32(43)35-2)26-18-20-27(34)21-19-26)37-40-33(44)36-22-23-41-24-42(28-12-6-3-7-13-28,29-14-8-4-9-15-29)30-16-10-5-11-17-30;;/h3-21H,22-24H2,1-2H3,(H3-,35,36,37,38,39,40,43,44);1H;/q;;+2/p-2. The third-order valence-corrected chi connectivity index (χ3v) is 11.5. The number of hydrogen-bond acceptors (Lipinski definition) is 7. The maximum atomic E-state index is 6.40. The summed E-state index contributed by atoms with van der Waals surface area (Å²) in [6.07, 6.45) is 0.548. The van der Waals surface area contributed by atoms with Crippen molar-refractivity contribution in [3.8, 4) is 0 Å². The molecule has 0 aromatic heterocycles. The van der Waals surface area contributed by atoms with Crippen LogP contribution in [0.5, 0.6) is 0 Å². The Kier molecular flexibility index (Phi) is 17.6. The van der Waals surface area contributed by atoms with Gasteiger partial charge in [0.2, 0.25) is 0 Å². The summed E-state index contributed by atoms with van der Waals surface area (Å²) in [5, 5.41) is 27.6. The number of ether oxygens (including phenoxy) is 1. The molecule has 0 heterocycles. The van der Waals surface area contributed by atoms with Crippen molar-refractivity contribution in [3.63, 3.8) is 0 Å². The zero-order valence-corrected chi connectivity index (χ0v) is 30.9. The molecular formula is C33H33BrClCuN6OPS2. The molecule has 0 spiro atoms. The molecule has 46 heavy (non-hydrogen) atoms. The van der Waals surface area contributed by atoms with Gasteiger partial charge in [-0.3, -0.25) is 0 Å². The van der Waals surface area contributed by atoms with Gasteiger partial charge in [-0.05, 0) is 65.8 Å². The number of nitrogens with zero attached hydrogens (tertiary/aromatic N) is 4. The predicted octanol–water partition coefficient (Wildman–Crippen LogP) is 2.00. The Labute approximate surface area is 308 Å². The number of halogens is 2. The van der Waals surface area contributed by atoms with E-state index in [-0.39, 0.29) is 44.4 Å². The van der Waals surface area contributed by atoms with E-state index < -0.39 is 7.26 Å². The van der Waals surface area contributed by atoms with Crippen LogP contribution in [0.4, 0.5) is 0 Å². The van der Waals surface area contributed by atoms with Gasteiger partial charge < -0.3 is 57.6 Å². The molecule has 13 heteroatoms. The fourth-order valence-electron chi connectivity index (χ4n) is 4.45. The van der Waals surface area contributed by atoms with Crippen LogP contribution in [-0.4, -0.2) is 48.3 Å². The molecule has 0 saturated heterocycles. The molecule has 7 nitrogen and oxygen atoms in total. The van der Waals surface area contributed by atoms with Crippen LogP contribution in [0.3, 0.4) is 0 Å². The number of amidine groups is 2. The molecule has 4 aromatic rings. The fourth-order valence-corrected chi connectivity index (χ4v) is 8.54. The number of benzene rings is 4. The van der Waals surface area contributed by atoms with Crippen LogP contribution >= 0.6 is 18.9 Å². The second-order valence-corrected chi connectivity index (χ2v) is 14.1. The van der Waals surface area contributed by atoms with Crippen molar-refractivity contribution in [2.75, 3.05) is 26.5 Å². The van der Waals surface area contributed by atoms with Crippen LogP contribution in [0.1, 0.15) is 12.5 Å². The van der Waals surface area contributed by atoms with E-state index in [0.717, 1.165) is 5.56 Å². The van der Waals surface area contributed by atoms with Crippen molar-refractivity contribution < 1.29 is 38.8 Å². The molecule has 0 atom stereocenters. The molecule has 0 amide bonds. The summed E-state index contributed by atoms with van der Waals surface area (Å²) < 4.78 is 6.40. The molecule has 0 aliphatic carbocycles. The zero-order valence-electron chi connectivity index (χ0n) is 25.1. The Hall–Kier alpha value is -2.72. The summed E-state index contributed by atoms with van der Waals surface area (Å²) in [7, 11) is -0.394. The SMILES string of the molecule is CNC([S-])=NN=C(C(C)=NN=C([S-])NCCOC[P+](c1ccccc1)(c1ccccc1)c1ccccc1)c1ccc(Cl)cc1.[Br-].[Cu+2]. The van der Waals surface area contributed by atoms with E-state index in [0.29, 0.717) is 35.9 Å². The molecule has 4 aromatic carbocycles. The largest absolute Gasteiger partial charge is 2.00 e. The quantitative estimate of drug-likeness (QED) is 0.0436. The first-order valence-electron chi connectivity index (χ1n) is 13.9. The van der Waals surface area contributed by atoms with Gasteiger partial charge in [0.1, 0.15) is 28.9 Å². The summed E-state index contributed by atoms with van der Waals surface area (Å²) in [5.74, 6) is 0. The minimum Gasteiger partial charge on any atom is -1.00 e. The number of rotatable bonds is 12. The monoisotopic (exact) mass is 801 g/mol. The molecule has 0 saturated carbocycles. The van der Waals surface area contributed by atoms with Gasteiger partial charge in [0.15, 0.2) is 6.35 Å². The molecule has 0 aliphatic rings. The smallest absolute Gasteiger partial charge is 1.00 e. The Morgan fingerprint density at radius 2 is 1.20 bits per heavy atom. The maximum absolute atomic E-state index is 6.40. The normalized spacial score (nSPS) is 12.5. The molecular weight excluding hydrogens is 770 g/mol. The van der Waals surface area contributed by atoms with E-state index >= 15 is 0 Å². The van der Waals surface area contributed by atoms with Crippen LogP contribution in [0.15, 0.2) is 136 Å². The van der Waals surface area contributed by atoms with E-state index in [1.54, 1.807) is 26.1 Å². The van der Waals surface area contributed by atoms with Crippen LogP contribution in [0, 0.1) is 0 Å². The first-order valence-corrected chi connectivity index (χ1v) is 17.0. The van der Waals surface area contributed by atoms with Gasteiger partial charge in [0.25, 0.3) is 0 Å². The van der Waals surface area contributed by atoms with E-state index in [9.17, 15) is 0 Å². The van der Waals surface area contributed by atoms with Crippen molar-refractivity contribution in [1.82, 2.24) is 10.6 Å². The van der Waals surface area contributed by atoms with Gasteiger partial charge >= 0.3 is 17.1 Å². The molecule has 243 valence electrons. The second kappa shape index (κ2) is 20.5. The summed E-state index contributed by atoms with van der Waals surface area (Å²) in [5.41, 5.74) is 1.78. The zero-order chi connectivity index (χ0) is 31.2. The van der Waals surface area contributed by atoms with Crippen molar-refractivity contribution >= 4 is 81.8 Å². The van der Waals surface area contributed by atoms with E-state index in [1.165, 1.54) is 15.9 Å². The Morgan fingerprint density at radius 1 is 0.717 bits per heavy atom. The molecule has 0 fully saturated rings. The Bertz CT molecular complexity index is 1520. The van der Waals surface area contributed by atoms with E-state index in [2.05, 4.69) is 104 Å². The molecule has 0 unspecified atom stereocenters. The number of nitrogens with one attached hydrogen (secondary N) is 2. The van der Waals surface area contributed by atoms with Crippen LogP contribution in [-0.2, 0) is 47.1 Å². The van der Waals surface area contributed by atoms with Crippen molar-refractivity contribution in [2.24, 2.45) is 20.4 Å². The summed E-state index contributed by atoms with van der Waals surface area (Å²) >= 11 is 16.6. The average molecular weight is 804 g/mol. The molecule has 4 rings (SSSR count). The van der Waals surface area contributed by atoms with Crippen molar-refractivity contribution in [1.29, 1.82) is 0 Å². The van der Waals surface area contributed by atoms with Gasteiger partial charge in [-0.2, -0.15) is 15.3 Å². The topological polar surface area (TPSA) is 82.7 Å². The second-order valence-electron chi connectivity index (χ2n) is 9.48. The van der Waals surface area contributed by atoms with Crippen LogP contribution in [0.25, 0.3) is 0 Å². The first kappa shape index (κ1) is 39.5. The van der Waals surface area contributed by atoms with E-state index in [1.807, 2.05) is 30.3 Å². The molecule has 0 bridgehead atoms. The van der Waals surface area contributed by atoms with Gasteiger partial charge in [-0.25, -0.2) is 0 Å². The van der Waals surface area contributed by atoms with E-state index in [4.69, 9.17) is 41.6 Å². The molecule has 1 radical (unpaired) electrons. The van der Waals surface area contributed by atoms with Gasteiger partial charge in [-0.1, -0.05) is 78.3 Å². The maximum Gasteiger partial charge on any atom is 2.00 e. The van der Waals surface area contributed by atoms with Gasteiger partial charge in [0, 0.05) is 24.2 Å². The Morgan fingerprint density at radius 3 is 1.67 bits per heavy atom. The Balaban J connectivity index is 0.00000368. The van der Waals surface area contributed by atoms with Gasteiger partial charge in [-0.15, -0.1) is 5.10 Å². The summed E-state index contributed by atoms with van der Waals surface area (Å²) in [4.78, 5) is 0. The third-order valence-electron chi connectivity index (χ3n) is 6.60.